The summed E-state index contributed by atoms with van der Waals surface area (Å²) >= 11 is 3.95. The highest BCUT2D eigenvalue weighted by molar-refractivity contribution is 7.81. The standard InChI is InChI=1S/C6H6N2S/c1-2-8(9)7-5-3-4-6-7/h1,3-6,9H. The molecule has 0 aromatic carbocycles. The molecule has 1 aromatic heterocycles. The summed E-state index contributed by atoms with van der Waals surface area (Å²) in [5.74, 6) is 0. The van der Waals surface area contributed by atoms with Crippen molar-refractivity contribution < 1.29 is 0 Å². The van der Waals surface area contributed by atoms with E-state index in [1.54, 1.807) is 4.68 Å². The van der Waals surface area contributed by atoms with Crippen molar-refractivity contribution in [2.75, 3.05) is 4.41 Å². The van der Waals surface area contributed by atoms with Gasteiger partial charge in [0, 0.05) is 18.4 Å². The fourth-order valence-corrected chi connectivity index (χ4v) is 0.638. The normalized spacial score (nSPS) is 8.44. The molecule has 0 bridgehead atoms. The summed E-state index contributed by atoms with van der Waals surface area (Å²) in [5, 5.41) is 0. The molecule has 0 radical (unpaired) electrons. The maximum Gasteiger partial charge on any atom is 0.0373 e. The highest BCUT2D eigenvalue weighted by Gasteiger charge is 1.88. The minimum atomic E-state index is 1.35. The molecular weight excluding hydrogens is 132 g/mol. The lowest BCUT2D eigenvalue weighted by molar-refractivity contribution is 0.904. The molecule has 0 fully saturated rings. The zero-order valence-corrected chi connectivity index (χ0v) is 5.62. The topological polar surface area (TPSA) is 8.17 Å². The number of nitrogens with zero attached hydrogens (tertiary/aromatic N) is 2. The van der Waals surface area contributed by atoms with E-state index in [4.69, 9.17) is 6.42 Å². The molecule has 0 aliphatic rings. The van der Waals surface area contributed by atoms with E-state index in [9.17, 15) is 0 Å². The molecule has 1 rings (SSSR count). The van der Waals surface area contributed by atoms with Gasteiger partial charge in [0.1, 0.15) is 0 Å². The molecule has 0 unspecified atom stereocenters. The Morgan fingerprint density at radius 2 is 2.00 bits per heavy atom. The van der Waals surface area contributed by atoms with Gasteiger partial charge in [-0.1, -0.05) is 6.42 Å². The van der Waals surface area contributed by atoms with Gasteiger partial charge in [0.25, 0.3) is 0 Å². The number of hydrogen-bond acceptors (Lipinski definition) is 2. The third-order valence-corrected chi connectivity index (χ3v) is 1.24. The molecule has 3 heteroatoms. The molecule has 9 heavy (non-hydrogen) atoms. The Morgan fingerprint density at radius 1 is 1.44 bits per heavy atom. The van der Waals surface area contributed by atoms with E-state index in [2.05, 4.69) is 18.9 Å². The fraction of sp³-hybridized carbons (Fsp3) is 0. The summed E-state index contributed by atoms with van der Waals surface area (Å²) in [5.41, 5.74) is 0. The Labute approximate surface area is 59.6 Å². The van der Waals surface area contributed by atoms with Crippen LogP contribution in [-0.4, -0.2) is 4.68 Å². The van der Waals surface area contributed by atoms with Crippen LogP contribution in [0.3, 0.4) is 0 Å². The van der Waals surface area contributed by atoms with Gasteiger partial charge >= 0.3 is 0 Å². The fourth-order valence-electron chi connectivity index (χ4n) is 0.518. The molecular formula is C6H6N2S. The van der Waals surface area contributed by atoms with Crippen LogP contribution in [0.2, 0.25) is 0 Å². The van der Waals surface area contributed by atoms with Crippen LogP contribution in [0.5, 0.6) is 0 Å². The number of thiol groups is 1. The van der Waals surface area contributed by atoms with E-state index in [0.29, 0.717) is 0 Å². The summed E-state index contributed by atoms with van der Waals surface area (Å²) in [6, 6.07) is 6.08. The largest absolute Gasteiger partial charge is 0.251 e. The lowest BCUT2D eigenvalue weighted by Crippen LogP contribution is -2.15. The Bertz CT molecular complexity index is 209. The van der Waals surface area contributed by atoms with E-state index in [1.807, 2.05) is 24.5 Å². The minimum Gasteiger partial charge on any atom is -0.251 e. The first-order chi connectivity index (χ1) is 4.34. The van der Waals surface area contributed by atoms with Crippen LogP contribution in [0, 0.1) is 12.5 Å². The average Bonchev–Trinajstić information content (AvgIpc) is 2.37. The SMILES string of the molecule is C#CN(S)n1cccc1. The van der Waals surface area contributed by atoms with Gasteiger partial charge in [0.15, 0.2) is 0 Å². The first kappa shape index (κ1) is 6.12. The monoisotopic (exact) mass is 138 g/mol. The molecule has 0 spiro atoms. The van der Waals surface area contributed by atoms with Gasteiger partial charge in [-0.05, 0) is 24.9 Å². The number of terminal acetylenes is 1. The number of aromatic nitrogens is 1. The van der Waals surface area contributed by atoms with Crippen molar-refractivity contribution in [2.45, 2.75) is 0 Å². The number of hydrogen-bond donors (Lipinski definition) is 1. The molecule has 0 aliphatic carbocycles. The molecule has 1 heterocycles. The van der Waals surface area contributed by atoms with Crippen LogP contribution < -0.4 is 4.41 Å². The van der Waals surface area contributed by atoms with Crippen LogP contribution in [0.15, 0.2) is 24.5 Å². The predicted octanol–water partition coefficient (Wildman–Crippen LogP) is 0.862. The first-order valence-corrected chi connectivity index (χ1v) is 2.83. The van der Waals surface area contributed by atoms with Crippen molar-refractivity contribution in [1.29, 1.82) is 0 Å². The second kappa shape index (κ2) is 2.51. The average molecular weight is 138 g/mol. The molecule has 0 amide bonds. The molecule has 2 nitrogen and oxygen atoms in total. The zero-order valence-electron chi connectivity index (χ0n) is 4.73. The van der Waals surface area contributed by atoms with E-state index >= 15 is 0 Å². The van der Waals surface area contributed by atoms with Gasteiger partial charge < -0.3 is 0 Å². The Kier molecular flexibility index (Phi) is 1.71. The first-order valence-electron chi connectivity index (χ1n) is 2.43. The molecule has 0 saturated carbocycles. The molecule has 1 aromatic rings. The second-order valence-corrected chi connectivity index (χ2v) is 1.86. The van der Waals surface area contributed by atoms with Crippen LogP contribution in [0.4, 0.5) is 0 Å². The van der Waals surface area contributed by atoms with Crippen LogP contribution >= 0.6 is 12.8 Å². The van der Waals surface area contributed by atoms with Gasteiger partial charge in [0.2, 0.25) is 0 Å². The summed E-state index contributed by atoms with van der Waals surface area (Å²) < 4.78 is 3.03. The highest BCUT2D eigenvalue weighted by atomic mass is 32.1. The Hall–Kier alpha value is -1.01. The maximum absolute atomic E-state index is 5.04. The molecule has 0 N–H and O–H groups in total. The highest BCUT2D eigenvalue weighted by Crippen LogP contribution is 1.93. The predicted molar refractivity (Wildman–Crippen MR) is 40.5 cm³/mol. The van der Waals surface area contributed by atoms with Gasteiger partial charge in [-0.25, -0.2) is 0 Å². The van der Waals surface area contributed by atoms with Crippen LogP contribution in [0.1, 0.15) is 0 Å². The minimum absolute atomic E-state index is 1.35. The Balaban J connectivity index is 2.80. The van der Waals surface area contributed by atoms with Crippen LogP contribution in [0.25, 0.3) is 0 Å². The van der Waals surface area contributed by atoms with Crippen LogP contribution in [-0.2, 0) is 0 Å². The molecule has 0 aliphatic heterocycles. The lowest BCUT2D eigenvalue weighted by Gasteiger charge is -2.08. The molecule has 0 saturated heterocycles. The molecule has 46 valence electrons. The van der Waals surface area contributed by atoms with Gasteiger partial charge in [-0.3, -0.25) is 4.68 Å². The third-order valence-electron chi connectivity index (χ3n) is 0.923. The van der Waals surface area contributed by atoms with E-state index < -0.39 is 0 Å². The smallest absolute Gasteiger partial charge is 0.0373 e. The maximum atomic E-state index is 5.04. The van der Waals surface area contributed by atoms with Crippen molar-refractivity contribution in [3.05, 3.63) is 24.5 Å². The van der Waals surface area contributed by atoms with Gasteiger partial charge in [-0.2, -0.15) is 4.41 Å². The van der Waals surface area contributed by atoms with Crippen molar-refractivity contribution in [3.63, 3.8) is 0 Å². The zero-order chi connectivity index (χ0) is 6.69. The number of rotatable bonds is 1. The molecule has 0 atom stereocenters. The van der Waals surface area contributed by atoms with E-state index in [1.165, 1.54) is 4.41 Å². The summed E-state index contributed by atoms with van der Waals surface area (Å²) in [7, 11) is 0. The van der Waals surface area contributed by atoms with Gasteiger partial charge in [-0.15, -0.1) is 0 Å². The van der Waals surface area contributed by atoms with Crippen molar-refractivity contribution in [1.82, 2.24) is 4.68 Å². The van der Waals surface area contributed by atoms with Crippen molar-refractivity contribution in [3.8, 4) is 12.5 Å². The summed E-state index contributed by atoms with van der Waals surface area (Å²) in [4.78, 5) is 0. The van der Waals surface area contributed by atoms with Crippen molar-refractivity contribution >= 4 is 12.8 Å². The summed E-state index contributed by atoms with van der Waals surface area (Å²) in [6.45, 7) is 0. The lowest BCUT2D eigenvalue weighted by atomic mass is 10.7. The van der Waals surface area contributed by atoms with Gasteiger partial charge in [0.05, 0.1) is 0 Å². The Morgan fingerprint density at radius 3 is 2.44 bits per heavy atom. The summed E-state index contributed by atoms with van der Waals surface area (Å²) in [6.07, 6.45) is 8.67. The van der Waals surface area contributed by atoms with E-state index in [0.717, 1.165) is 0 Å². The van der Waals surface area contributed by atoms with E-state index in [-0.39, 0.29) is 0 Å². The third kappa shape index (κ3) is 1.21. The quantitative estimate of drug-likeness (QED) is 0.344. The second-order valence-electron chi connectivity index (χ2n) is 1.48. The van der Waals surface area contributed by atoms with Crippen molar-refractivity contribution in [2.24, 2.45) is 0 Å².